The molecule has 0 saturated carbocycles. The molecule has 0 fully saturated rings. The molecule has 3 nitrogen and oxygen atoms in total. The van der Waals surface area contributed by atoms with E-state index in [4.69, 9.17) is 14.9 Å². The summed E-state index contributed by atoms with van der Waals surface area (Å²) in [6.45, 7) is 0. The maximum Gasteiger partial charge on any atom is 0.108 e. The van der Waals surface area contributed by atoms with Gasteiger partial charge in [-0.25, -0.2) is 0 Å². The number of nitrogens with zero attached hydrogens (tertiary/aromatic N) is 2. The number of nitriles is 2. The summed E-state index contributed by atoms with van der Waals surface area (Å²) < 4.78 is 4.98. The van der Waals surface area contributed by atoms with E-state index < -0.39 is 0 Å². The van der Waals surface area contributed by atoms with Crippen LogP contribution in [0.4, 0.5) is 0 Å². The summed E-state index contributed by atoms with van der Waals surface area (Å²) in [5.41, 5.74) is 0.512. The molecule has 0 saturated heterocycles. The highest BCUT2D eigenvalue weighted by atomic mass is 16.3. The third kappa shape index (κ3) is 1.84. The van der Waals surface area contributed by atoms with Gasteiger partial charge in [-0.3, -0.25) is 0 Å². The average molecular weight is 146 g/mol. The van der Waals surface area contributed by atoms with E-state index in [1.165, 1.54) is 6.26 Å². The van der Waals surface area contributed by atoms with Gasteiger partial charge in [-0.05, 0) is 6.07 Å². The molecule has 11 heavy (non-hydrogen) atoms. The zero-order valence-electron chi connectivity index (χ0n) is 5.87. The molecule has 0 aliphatic heterocycles. The SMILES string of the molecule is N#CCCc1cc(C#N)co1. The van der Waals surface area contributed by atoms with Gasteiger partial charge in [-0.15, -0.1) is 0 Å². The molecule has 0 N–H and O–H groups in total. The number of furan rings is 1. The van der Waals surface area contributed by atoms with Crippen LogP contribution in [0.1, 0.15) is 17.7 Å². The summed E-state index contributed by atoms with van der Waals surface area (Å²) in [7, 11) is 0. The van der Waals surface area contributed by atoms with Crippen LogP contribution in [0.3, 0.4) is 0 Å². The van der Waals surface area contributed by atoms with Crippen molar-refractivity contribution in [1.29, 1.82) is 10.5 Å². The molecule has 1 aromatic rings. The lowest BCUT2D eigenvalue weighted by atomic mass is 10.2. The second-order valence-corrected chi connectivity index (χ2v) is 2.07. The maximum absolute atomic E-state index is 8.40. The molecule has 0 atom stereocenters. The van der Waals surface area contributed by atoms with Gasteiger partial charge in [-0.1, -0.05) is 0 Å². The first-order valence-corrected chi connectivity index (χ1v) is 3.21. The van der Waals surface area contributed by atoms with E-state index >= 15 is 0 Å². The van der Waals surface area contributed by atoms with Gasteiger partial charge in [0.05, 0.1) is 11.6 Å². The first-order valence-electron chi connectivity index (χ1n) is 3.21. The molecule has 0 unspecified atom stereocenters. The molecular formula is C8H6N2O. The average Bonchev–Trinajstić information content (AvgIpc) is 2.48. The third-order valence-corrected chi connectivity index (χ3v) is 1.27. The second-order valence-electron chi connectivity index (χ2n) is 2.07. The highest BCUT2D eigenvalue weighted by molar-refractivity contribution is 5.26. The zero-order valence-corrected chi connectivity index (χ0v) is 5.87. The van der Waals surface area contributed by atoms with Crippen LogP contribution in [0.5, 0.6) is 0 Å². The Labute approximate surface area is 64.5 Å². The molecule has 0 aliphatic rings. The molecule has 0 aliphatic carbocycles. The van der Waals surface area contributed by atoms with Crippen LogP contribution >= 0.6 is 0 Å². The minimum Gasteiger partial charge on any atom is -0.468 e. The molecule has 1 aromatic heterocycles. The Morgan fingerprint density at radius 1 is 1.45 bits per heavy atom. The highest BCUT2D eigenvalue weighted by Gasteiger charge is 1.99. The highest BCUT2D eigenvalue weighted by Crippen LogP contribution is 2.07. The van der Waals surface area contributed by atoms with Gasteiger partial charge < -0.3 is 4.42 Å². The Hall–Kier alpha value is -1.74. The lowest BCUT2D eigenvalue weighted by Crippen LogP contribution is -1.76. The van der Waals surface area contributed by atoms with Crippen LogP contribution in [-0.4, -0.2) is 0 Å². The second kappa shape index (κ2) is 3.43. The third-order valence-electron chi connectivity index (χ3n) is 1.27. The van der Waals surface area contributed by atoms with Crippen molar-refractivity contribution in [3.8, 4) is 12.1 Å². The molecule has 0 aromatic carbocycles. The first-order chi connectivity index (χ1) is 5.36. The lowest BCUT2D eigenvalue weighted by Gasteiger charge is -1.84. The maximum atomic E-state index is 8.40. The van der Waals surface area contributed by atoms with Crippen molar-refractivity contribution >= 4 is 0 Å². The number of rotatable bonds is 2. The van der Waals surface area contributed by atoms with Gasteiger partial charge in [0.25, 0.3) is 0 Å². The van der Waals surface area contributed by atoms with Crippen molar-refractivity contribution in [2.45, 2.75) is 12.8 Å². The predicted octanol–water partition coefficient (Wildman–Crippen LogP) is 1.61. The Bertz CT molecular complexity index is 314. The van der Waals surface area contributed by atoms with E-state index in [1.807, 2.05) is 12.1 Å². The minimum absolute atomic E-state index is 0.429. The van der Waals surface area contributed by atoms with E-state index in [2.05, 4.69) is 0 Å². The molecule has 54 valence electrons. The summed E-state index contributed by atoms with van der Waals surface area (Å²) >= 11 is 0. The quantitative estimate of drug-likeness (QED) is 0.636. The monoisotopic (exact) mass is 146 g/mol. The van der Waals surface area contributed by atoms with Crippen molar-refractivity contribution in [2.75, 3.05) is 0 Å². The van der Waals surface area contributed by atoms with Crippen molar-refractivity contribution in [3.63, 3.8) is 0 Å². The number of hydrogen-bond acceptors (Lipinski definition) is 3. The van der Waals surface area contributed by atoms with E-state index in [9.17, 15) is 0 Å². The zero-order chi connectivity index (χ0) is 8.10. The molecule has 0 bridgehead atoms. The Morgan fingerprint density at radius 2 is 2.27 bits per heavy atom. The van der Waals surface area contributed by atoms with Crippen molar-refractivity contribution in [3.05, 3.63) is 23.7 Å². The van der Waals surface area contributed by atoms with E-state index in [-0.39, 0.29) is 0 Å². The molecule has 0 radical (unpaired) electrons. The Balaban J connectivity index is 2.62. The van der Waals surface area contributed by atoms with Gasteiger partial charge in [0, 0.05) is 12.8 Å². The van der Waals surface area contributed by atoms with Crippen molar-refractivity contribution < 1.29 is 4.42 Å². The minimum atomic E-state index is 0.429. The van der Waals surface area contributed by atoms with Crippen LogP contribution in [0.25, 0.3) is 0 Å². The van der Waals surface area contributed by atoms with Gasteiger partial charge >= 0.3 is 0 Å². The summed E-state index contributed by atoms with van der Waals surface area (Å²) in [5, 5.41) is 16.6. The van der Waals surface area contributed by atoms with E-state index in [0.717, 1.165) is 0 Å². The van der Waals surface area contributed by atoms with Crippen LogP contribution < -0.4 is 0 Å². The van der Waals surface area contributed by atoms with Crippen LogP contribution in [0.15, 0.2) is 16.7 Å². The van der Waals surface area contributed by atoms with Gasteiger partial charge in [0.1, 0.15) is 18.1 Å². The Morgan fingerprint density at radius 3 is 2.82 bits per heavy atom. The van der Waals surface area contributed by atoms with Gasteiger partial charge in [0.2, 0.25) is 0 Å². The summed E-state index contributed by atoms with van der Waals surface area (Å²) in [5.74, 6) is 0.697. The molecular weight excluding hydrogens is 140 g/mol. The molecule has 1 heterocycles. The number of hydrogen-bond donors (Lipinski definition) is 0. The summed E-state index contributed by atoms with van der Waals surface area (Å²) in [4.78, 5) is 0. The van der Waals surface area contributed by atoms with E-state index in [0.29, 0.717) is 24.2 Å². The molecule has 3 heteroatoms. The van der Waals surface area contributed by atoms with Crippen molar-refractivity contribution in [1.82, 2.24) is 0 Å². The molecule has 0 spiro atoms. The predicted molar refractivity (Wildman–Crippen MR) is 37.4 cm³/mol. The smallest absolute Gasteiger partial charge is 0.108 e. The Kier molecular flexibility index (Phi) is 2.30. The molecule has 1 rings (SSSR count). The summed E-state index contributed by atoms with van der Waals surface area (Å²) in [6.07, 6.45) is 2.41. The largest absolute Gasteiger partial charge is 0.468 e. The lowest BCUT2D eigenvalue weighted by molar-refractivity contribution is 0.510. The van der Waals surface area contributed by atoms with Crippen LogP contribution in [-0.2, 0) is 6.42 Å². The fourth-order valence-corrected chi connectivity index (χ4v) is 0.749. The fraction of sp³-hybridized carbons (Fsp3) is 0.250. The first kappa shape index (κ1) is 7.37. The van der Waals surface area contributed by atoms with Crippen LogP contribution in [0.2, 0.25) is 0 Å². The molecule has 0 amide bonds. The van der Waals surface area contributed by atoms with Crippen LogP contribution in [0, 0.1) is 22.7 Å². The van der Waals surface area contributed by atoms with Crippen molar-refractivity contribution in [2.24, 2.45) is 0 Å². The topological polar surface area (TPSA) is 60.7 Å². The number of aryl methyl sites for hydroxylation is 1. The van der Waals surface area contributed by atoms with Gasteiger partial charge in [-0.2, -0.15) is 10.5 Å². The van der Waals surface area contributed by atoms with Gasteiger partial charge in [0.15, 0.2) is 0 Å². The standard InChI is InChI=1S/C8H6N2O/c9-3-1-2-8-4-7(5-10)6-11-8/h4,6H,1-2H2. The summed E-state index contributed by atoms with van der Waals surface area (Å²) in [6, 6.07) is 5.60. The van der Waals surface area contributed by atoms with E-state index in [1.54, 1.807) is 6.07 Å². The fourth-order valence-electron chi connectivity index (χ4n) is 0.749. The normalized spacial score (nSPS) is 8.55.